The molecule has 11 nitrogen and oxygen atoms in total. The Morgan fingerprint density at radius 1 is 1.11 bits per heavy atom. The second-order valence-electron chi connectivity index (χ2n) is 9.86. The van der Waals surface area contributed by atoms with Crippen LogP contribution in [-0.2, 0) is 11.2 Å². The van der Waals surface area contributed by atoms with Gasteiger partial charge in [-0.15, -0.1) is 0 Å². The monoisotopic (exact) mass is 524 g/mol. The predicted octanol–water partition coefficient (Wildman–Crippen LogP) is 5.27. The fraction of sp³-hybridized carbons (Fsp3) is 0.346. The van der Waals surface area contributed by atoms with Crippen molar-refractivity contribution in [3.8, 4) is 11.1 Å². The van der Waals surface area contributed by atoms with Gasteiger partial charge in [0.25, 0.3) is 0 Å². The Hall–Kier alpha value is -4.48. The van der Waals surface area contributed by atoms with Crippen LogP contribution in [0.5, 0.6) is 0 Å². The minimum atomic E-state index is -1.12. The predicted molar refractivity (Wildman–Crippen MR) is 141 cm³/mol. The lowest BCUT2D eigenvalue weighted by Crippen LogP contribution is -2.35. The van der Waals surface area contributed by atoms with Crippen LogP contribution in [-0.4, -0.2) is 52.5 Å². The normalized spacial score (nSPS) is 13.1. The van der Waals surface area contributed by atoms with Crippen LogP contribution in [0.25, 0.3) is 21.9 Å². The number of urea groups is 1. The number of halogens is 1. The van der Waals surface area contributed by atoms with Gasteiger partial charge >= 0.3 is 18.2 Å². The van der Waals surface area contributed by atoms with Gasteiger partial charge in [0.15, 0.2) is 5.82 Å². The summed E-state index contributed by atoms with van der Waals surface area (Å²) in [6, 6.07) is 2.60. The van der Waals surface area contributed by atoms with Crippen molar-refractivity contribution in [1.29, 1.82) is 0 Å². The lowest BCUT2D eigenvalue weighted by atomic mass is 9.94. The van der Waals surface area contributed by atoms with Crippen LogP contribution in [0.4, 0.5) is 36.0 Å². The number of carbonyl (C=O) groups excluding carboxylic acids is 2. The van der Waals surface area contributed by atoms with E-state index in [2.05, 4.69) is 25.9 Å². The third kappa shape index (κ3) is 5.29. The Balaban J connectivity index is 1.93. The highest BCUT2D eigenvalue weighted by Gasteiger charge is 2.28. The summed E-state index contributed by atoms with van der Waals surface area (Å²) in [4.78, 5) is 46.2. The molecule has 0 bridgehead atoms. The lowest BCUT2D eigenvalue weighted by molar-refractivity contribution is 0.0635. The number of aromatic nitrogens is 2. The van der Waals surface area contributed by atoms with Crippen LogP contribution in [0, 0.1) is 12.7 Å². The average Bonchev–Trinajstić information content (AvgIpc) is 2.84. The van der Waals surface area contributed by atoms with Gasteiger partial charge in [0.1, 0.15) is 11.4 Å². The van der Waals surface area contributed by atoms with Crippen LogP contribution in [0.1, 0.15) is 38.4 Å². The van der Waals surface area contributed by atoms with Crippen molar-refractivity contribution < 1.29 is 28.6 Å². The number of hydrogen-bond acceptors (Lipinski definition) is 6. The molecule has 1 aromatic carbocycles. The first-order valence-corrected chi connectivity index (χ1v) is 12.0. The first-order valence-electron chi connectivity index (χ1n) is 12.0. The third-order valence-corrected chi connectivity index (χ3v) is 6.02. The third-order valence-electron chi connectivity index (χ3n) is 6.02. The van der Waals surface area contributed by atoms with Gasteiger partial charge in [-0.1, -0.05) is 0 Å². The number of carbonyl (C=O) groups is 3. The number of benzene rings is 1. The Morgan fingerprint density at radius 2 is 1.84 bits per heavy atom. The van der Waals surface area contributed by atoms with E-state index in [1.165, 1.54) is 24.3 Å². The van der Waals surface area contributed by atoms with Gasteiger partial charge in [0.05, 0.1) is 17.1 Å². The Bertz CT molecular complexity index is 1450. The summed E-state index contributed by atoms with van der Waals surface area (Å²) in [5.41, 5.74) is 1.05. The van der Waals surface area contributed by atoms with Crippen molar-refractivity contribution in [1.82, 2.24) is 15.3 Å². The largest absolute Gasteiger partial charge is 0.465 e. The van der Waals surface area contributed by atoms with Gasteiger partial charge in [-0.2, -0.15) is 0 Å². The Labute approximate surface area is 218 Å². The van der Waals surface area contributed by atoms with Gasteiger partial charge in [0.2, 0.25) is 0 Å². The minimum absolute atomic E-state index is 0.0874. The Morgan fingerprint density at radius 3 is 2.50 bits per heavy atom. The topological polar surface area (TPSA) is 146 Å². The van der Waals surface area contributed by atoms with Crippen molar-refractivity contribution in [2.45, 2.75) is 46.1 Å². The van der Waals surface area contributed by atoms with Crippen LogP contribution in [0.15, 0.2) is 24.5 Å². The smallest absolute Gasteiger partial charge is 0.412 e. The number of nitrogens with zero attached hydrogens (tertiary/aromatic N) is 3. The summed E-state index contributed by atoms with van der Waals surface area (Å²) >= 11 is 0. The maximum absolute atomic E-state index is 16.2. The van der Waals surface area contributed by atoms with E-state index in [9.17, 15) is 19.5 Å². The molecule has 0 fully saturated rings. The molecule has 12 heteroatoms. The molecule has 0 saturated carbocycles. The number of rotatable bonds is 3. The molecule has 4 rings (SSSR count). The number of nitrogens with one attached hydrogen (secondary N) is 3. The van der Waals surface area contributed by atoms with Crippen molar-refractivity contribution in [3.05, 3.63) is 41.6 Å². The van der Waals surface area contributed by atoms with Crippen molar-refractivity contribution in [2.75, 3.05) is 29.1 Å². The minimum Gasteiger partial charge on any atom is -0.465 e. The number of pyridine rings is 2. The maximum Gasteiger partial charge on any atom is 0.412 e. The van der Waals surface area contributed by atoms with Crippen LogP contribution < -0.4 is 20.9 Å². The fourth-order valence-corrected chi connectivity index (χ4v) is 4.41. The van der Waals surface area contributed by atoms with E-state index in [1.807, 2.05) is 0 Å². The van der Waals surface area contributed by atoms with Crippen LogP contribution in [0.2, 0.25) is 0 Å². The molecule has 0 aliphatic carbocycles. The summed E-state index contributed by atoms with van der Waals surface area (Å²) in [7, 11) is 1.46. The van der Waals surface area contributed by atoms with Gasteiger partial charge < -0.3 is 15.2 Å². The number of aryl methyl sites for hydroxylation is 1. The number of carboxylic acid groups (broad SMARTS) is 1. The summed E-state index contributed by atoms with van der Waals surface area (Å²) in [5, 5.41) is 18.0. The van der Waals surface area contributed by atoms with E-state index < -0.39 is 29.6 Å². The number of fused-ring (bicyclic) bond motifs is 2. The summed E-state index contributed by atoms with van der Waals surface area (Å²) in [6.07, 6.45) is 2.10. The number of hydrogen-bond donors (Lipinski definition) is 4. The molecule has 0 radical (unpaired) electrons. The first kappa shape index (κ1) is 26.6. The van der Waals surface area contributed by atoms with Gasteiger partial charge in [0, 0.05) is 42.5 Å². The molecule has 0 unspecified atom stereocenters. The summed E-state index contributed by atoms with van der Waals surface area (Å²) in [5.74, 6) is -0.560. The highest BCUT2D eigenvalue weighted by atomic mass is 19.1. The second kappa shape index (κ2) is 10.1. The molecule has 3 heterocycles. The molecule has 1 aliphatic heterocycles. The van der Waals surface area contributed by atoms with Gasteiger partial charge in [-0.25, -0.2) is 23.8 Å². The Kier molecular flexibility index (Phi) is 7.07. The molecule has 2 aromatic heterocycles. The van der Waals surface area contributed by atoms with Crippen molar-refractivity contribution in [2.24, 2.45) is 0 Å². The van der Waals surface area contributed by atoms with Crippen molar-refractivity contribution in [3.63, 3.8) is 0 Å². The second-order valence-corrected chi connectivity index (χ2v) is 9.86. The molecule has 200 valence electrons. The highest BCUT2D eigenvalue weighted by Crippen LogP contribution is 2.40. The fourth-order valence-electron chi connectivity index (χ4n) is 4.41. The number of amides is 4. The standard InChI is InChI=1S/C26H29FN6O5/c1-13-16(11-29-18-7-6-8-33(22(13)18)25(36)37)15-9-14-10-19(31-23(34)28-5)30-12-17(14)21(20(15)27)32-24(35)38-26(2,3)4/h9-12H,6-8H2,1-5H3,(H,32,35)(H,36,37)(H2,28,30,31,34). The van der Waals surface area contributed by atoms with E-state index >= 15 is 4.39 Å². The number of anilines is 3. The van der Waals surface area contributed by atoms with E-state index in [0.717, 1.165) is 0 Å². The van der Waals surface area contributed by atoms with E-state index in [1.54, 1.807) is 39.8 Å². The zero-order valence-electron chi connectivity index (χ0n) is 21.7. The lowest BCUT2D eigenvalue weighted by Gasteiger charge is -2.29. The SMILES string of the molecule is CNC(=O)Nc1cc2cc(-c3cnc4c(c3C)N(C(=O)O)CCC4)c(F)c(NC(=O)OC(C)(C)C)c2cn1. The average molecular weight is 525 g/mol. The molecule has 0 atom stereocenters. The number of ether oxygens (including phenoxy) is 1. The molecule has 0 spiro atoms. The quantitative estimate of drug-likeness (QED) is 0.365. The molecule has 38 heavy (non-hydrogen) atoms. The maximum atomic E-state index is 16.2. The molecular formula is C26H29FN6O5. The molecule has 0 saturated heterocycles. The molecular weight excluding hydrogens is 495 g/mol. The van der Waals surface area contributed by atoms with E-state index in [4.69, 9.17) is 4.74 Å². The van der Waals surface area contributed by atoms with Crippen LogP contribution in [0.3, 0.4) is 0 Å². The molecule has 4 N–H and O–H groups in total. The van der Waals surface area contributed by atoms with Crippen LogP contribution >= 0.6 is 0 Å². The molecule has 4 amide bonds. The summed E-state index contributed by atoms with van der Waals surface area (Å²) < 4.78 is 21.5. The summed E-state index contributed by atoms with van der Waals surface area (Å²) in [6.45, 7) is 7.08. The van der Waals surface area contributed by atoms with Gasteiger partial charge in [-0.3, -0.25) is 20.5 Å². The zero-order valence-corrected chi connectivity index (χ0v) is 21.7. The highest BCUT2D eigenvalue weighted by molar-refractivity contribution is 6.05. The zero-order chi connectivity index (χ0) is 27.8. The van der Waals surface area contributed by atoms with Gasteiger partial charge in [-0.05, 0) is 63.6 Å². The molecule has 1 aliphatic rings. The van der Waals surface area contributed by atoms with E-state index in [-0.39, 0.29) is 22.5 Å². The molecule has 3 aromatic rings. The van der Waals surface area contributed by atoms with Crippen molar-refractivity contribution >= 4 is 46.2 Å². The first-order chi connectivity index (χ1) is 17.9. The van der Waals surface area contributed by atoms with E-state index in [0.29, 0.717) is 47.3 Å².